The summed E-state index contributed by atoms with van der Waals surface area (Å²) in [4.78, 5) is 14.3. The maximum absolute atomic E-state index is 12.4. The number of ether oxygens (including phenoxy) is 1. The lowest BCUT2D eigenvalue weighted by Crippen LogP contribution is -2.46. The maximum Gasteiger partial charge on any atom is 0.222 e. The van der Waals surface area contributed by atoms with Gasteiger partial charge < -0.3 is 15.0 Å². The van der Waals surface area contributed by atoms with E-state index >= 15 is 0 Å². The Morgan fingerprint density at radius 1 is 1.04 bits per heavy atom. The van der Waals surface area contributed by atoms with E-state index in [4.69, 9.17) is 4.74 Å². The second-order valence-electron chi connectivity index (χ2n) is 6.45. The minimum Gasteiger partial charge on any atom is -0.489 e. The van der Waals surface area contributed by atoms with Gasteiger partial charge in [-0.3, -0.25) is 4.79 Å². The Morgan fingerprint density at radius 3 is 2.48 bits per heavy atom. The first-order valence-corrected chi connectivity index (χ1v) is 8.98. The van der Waals surface area contributed by atoms with Crippen LogP contribution in [-0.4, -0.2) is 37.0 Å². The predicted octanol–water partition coefficient (Wildman–Crippen LogP) is 2.94. The van der Waals surface area contributed by atoms with Crippen molar-refractivity contribution < 1.29 is 9.53 Å². The van der Waals surface area contributed by atoms with Crippen molar-refractivity contribution in [3.05, 3.63) is 65.2 Å². The van der Waals surface area contributed by atoms with Crippen molar-refractivity contribution in [1.29, 1.82) is 0 Å². The highest BCUT2D eigenvalue weighted by molar-refractivity contribution is 5.76. The van der Waals surface area contributed by atoms with Crippen LogP contribution in [-0.2, 0) is 17.8 Å². The van der Waals surface area contributed by atoms with Gasteiger partial charge in [-0.25, -0.2) is 0 Å². The zero-order valence-corrected chi connectivity index (χ0v) is 14.8. The molecule has 1 N–H and O–H groups in total. The molecule has 2 aromatic carbocycles. The van der Waals surface area contributed by atoms with Crippen LogP contribution in [0.1, 0.15) is 23.1 Å². The summed E-state index contributed by atoms with van der Waals surface area (Å²) in [5, 5.41) is 3.28. The van der Waals surface area contributed by atoms with E-state index in [0.29, 0.717) is 19.4 Å². The van der Waals surface area contributed by atoms with Crippen molar-refractivity contribution >= 4 is 5.91 Å². The van der Waals surface area contributed by atoms with E-state index in [2.05, 4.69) is 30.4 Å². The van der Waals surface area contributed by atoms with Crippen molar-refractivity contribution in [3.8, 4) is 5.75 Å². The molecule has 0 unspecified atom stereocenters. The number of piperazine rings is 1. The summed E-state index contributed by atoms with van der Waals surface area (Å²) in [5.41, 5.74) is 3.52. The van der Waals surface area contributed by atoms with E-state index in [-0.39, 0.29) is 5.91 Å². The highest BCUT2D eigenvalue weighted by atomic mass is 16.5. The van der Waals surface area contributed by atoms with Gasteiger partial charge in [-0.15, -0.1) is 0 Å². The number of nitrogens with one attached hydrogen (secondary N) is 1. The summed E-state index contributed by atoms with van der Waals surface area (Å²) in [7, 11) is 0. The monoisotopic (exact) mass is 338 g/mol. The van der Waals surface area contributed by atoms with E-state index in [1.807, 2.05) is 35.2 Å². The maximum atomic E-state index is 12.4. The standard InChI is InChI=1S/C21H26N2O2/c1-17-6-2-3-8-19(17)16-25-20-9-5-4-7-18(20)10-11-21(24)23-14-12-22-13-15-23/h2-9,22H,10-16H2,1H3. The largest absolute Gasteiger partial charge is 0.489 e. The molecule has 0 spiro atoms. The third-order valence-corrected chi connectivity index (χ3v) is 4.69. The first-order chi connectivity index (χ1) is 12.2. The molecule has 0 atom stereocenters. The first kappa shape index (κ1) is 17.5. The quantitative estimate of drug-likeness (QED) is 0.880. The molecule has 132 valence electrons. The van der Waals surface area contributed by atoms with Crippen LogP contribution in [0.5, 0.6) is 5.75 Å². The van der Waals surface area contributed by atoms with E-state index < -0.39 is 0 Å². The minimum atomic E-state index is 0.232. The second-order valence-corrected chi connectivity index (χ2v) is 6.45. The zero-order valence-electron chi connectivity index (χ0n) is 14.8. The summed E-state index contributed by atoms with van der Waals surface area (Å²) in [6.45, 7) is 6.05. The number of aryl methyl sites for hydroxylation is 2. The van der Waals surface area contributed by atoms with Crippen LogP contribution in [0.3, 0.4) is 0 Å². The zero-order chi connectivity index (χ0) is 17.5. The lowest BCUT2D eigenvalue weighted by Gasteiger charge is -2.27. The highest BCUT2D eigenvalue weighted by Gasteiger charge is 2.16. The Hall–Kier alpha value is -2.33. The fraction of sp³-hybridized carbons (Fsp3) is 0.381. The van der Waals surface area contributed by atoms with E-state index in [9.17, 15) is 4.79 Å². The van der Waals surface area contributed by atoms with Gasteiger partial charge in [0.1, 0.15) is 12.4 Å². The van der Waals surface area contributed by atoms with Gasteiger partial charge in [0.05, 0.1) is 0 Å². The molecule has 1 aliphatic heterocycles. The summed E-state index contributed by atoms with van der Waals surface area (Å²) >= 11 is 0. The first-order valence-electron chi connectivity index (χ1n) is 8.98. The molecule has 3 rings (SSSR count). The SMILES string of the molecule is Cc1ccccc1COc1ccccc1CCC(=O)N1CCNCC1. The van der Waals surface area contributed by atoms with Crippen molar-refractivity contribution in [2.24, 2.45) is 0 Å². The van der Waals surface area contributed by atoms with Crippen LogP contribution in [0.15, 0.2) is 48.5 Å². The number of rotatable bonds is 6. The lowest BCUT2D eigenvalue weighted by molar-refractivity contribution is -0.131. The van der Waals surface area contributed by atoms with Gasteiger partial charge in [0.15, 0.2) is 0 Å². The number of nitrogens with zero attached hydrogens (tertiary/aromatic N) is 1. The van der Waals surface area contributed by atoms with Crippen molar-refractivity contribution in [2.45, 2.75) is 26.4 Å². The van der Waals surface area contributed by atoms with E-state index in [1.54, 1.807) is 0 Å². The lowest BCUT2D eigenvalue weighted by atomic mass is 10.1. The van der Waals surface area contributed by atoms with Crippen LogP contribution in [0.25, 0.3) is 0 Å². The number of para-hydroxylation sites is 1. The molecule has 0 saturated carbocycles. The minimum absolute atomic E-state index is 0.232. The fourth-order valence-electron chi connectivity index (χ4n) is 3.09. The number of benzene rings is 2. The molecule has 1 aliphatic rings. The molecule has 0 bridgehead atoms. The summed E-state index contributed by atoms with van der Waals surface area (Å²) in [6.07, 6.45) is 1.25. The van der Waals surface area contributed by atoms with Crippen LogP contribution < -0.4 is 10.1 Å². The Morgan fingerprint density at radius 2 is 1.72 bits per heavy atom. The average molecular weight is 338 g/mol. The molecule has 0 aromatic heterocycles. The van der Waals surface area contributed by atoms with Gasteiger partial charge in [-0.2, -0.15) is 0 Å². The number of amides is 1. The molecule has 1 saturated heterocycles. The Kier molecular flexibility index (Phi) is 6.07. The summed E-state index contributed by atoms with van der Waals surface area (Å²) < 4.78 is 6.05. The number of carbonyl (C=O) groups excluding carboxylic acids is 1. The fourth-order valence-corrected chi connectivity index (χ4v) is 3.09. The van der Waals surface area contributed by atoms with Crippen LogP contribution >= 0.6 is 0 Å². The molecule has 4 nitrogen and oxygen atoms in total. The molecule has 1 heterocycles. The van der Waals surface area contributed by atoms with Crippen LogP contribution in [0, 0.1) is 6.92 Å². The van der Waals surface area contributed by atoms with Gasteiger partial charge in [-0.1, -0.05) is 42.5 Å². The van der Waals surface area contributed by atoms with Crippen molar-refractivity contribution in [3.63, 3.8) is 0 Å². The van der Waals surface area contributed by atoms with Crippen LogP contribution in [0.4, 0.5) is 0 Å². The highest BCUT2D eigenvalue weighted by Crippen LogP contribution is 2.22. The third-order valence-electron chi connectivity index (χ3n) is 4.69. The molecule has 1 fully saturated rings. The summed E-state index contributed by atoms with van der Waals surface area (Å²) in [6, 6.07) is 16.3. The van der Waals surface area contributed by atoms with Gasteiger partial charge in [-0.05, 0) is 36.1 Å². The number of carbonyl (C=O) groups is 1. The molecule has 4 heteroatoms. The van der Waals surface area contributed by atoms with Gasteiger partial charge >= 0.3 is 0 Å². The number of hydrogen-bond acceptors (Lipinski definition) is 3. The van der Waals surface area contributed by atoms with Crippen molar-refractivity contribution in [1.82, 2.24) is 10.2 Å². The molecule has 2 aromatic rings. The Balaban J connectivity index is 1.59. The molecule has 25 heavy (non-hydrogen) atoms. The average Bonchev–Trinajstić information content (AvgIpc) is 2.67. The van der Waals surface area contributed by atoms with E-state index in [0.717, 1.165) is 37.5 Å². The van der Waals surface area contributed by atoms with E-state index in [1.165, 1.54) is 11.1 Å². The Labute approximate surface area is 149 Å². The molecule has 0 aliphatic carbocycles. The predicted molar refractivity (Wildman–Crippen MR) is 99.7 cm³/mol. The van der Waals surface area contributed by atoms with Gasteiger partial charge in [0, 0.05) is 32.6 Å². The topological polar surface area (TPSA) is 41.6 Å². The number of hydrogen-bond donors (Lipinski definition) is 1. The normalized spacial score (nSPS) is 14.4. The van der Waals surface area contributed by atoms with Crippen LogP contribution in [0.2, 0.25) is 0 Å². The van der Waals surface area contributed by atoms with Gasteiger partial charge in [0.2, 0.25) is 5.91 Å². The van der Waals surface area contributed by atoms with Gasteiger partial charge in [0.25, 0.3) is 0 Å². The smallest absolute Gasteiger partial charge is 0.222 e. The Bertz CT molecular complexity index is 709. The summed E-state index contributed by atoms with van der Waals surface area (Å²) in [5.74, 6) is 1.11. The molecular formula is C21H26N2O2. The second kappa shape index (κ2) is 8.67. The third kappa shape index (κ3) is 4.83. The molecular weight excluding hydrogens is 312 g/mol. The van der Waals surface area contributed by atoms with Crippen molar-refractivity contribution in [2.75, 3.05) is 26.2 Å². The molecule has 0 radical (unpaired) electrons. The molecule has 1 amide bonds.